The van der Waals surface area contributed by atoms with Crippen LogP contribution < -0.4 is 15.6 Å². The fraction of sp³-hybridized carbons (Fsp3) is 0.190. The van der Waals surface area contributed by atoms with Crippen LogP contribution in [0.1, 0.15) is 0 Å². The highest BCUT2D eigenvalue weighted by atomic mass is 32.2. The van der Waals surface area contributed by atoms with Gasteiger partial charge in [0.2, 0.25) is 5.91 Å². The second-order valence-corrected chi connectivity index (χ2v) is 9.11. The summed E-state index contributed by atoms with van der Waals surface area (Å²) in [6.45, 7) is 0.804. The average molecular weight is 458 g/mol. The third-order valence-electron chi connectivity index (χ3n) is 4.33. The molecule has 0 aliphatic carbocycles. The minimum Gasteiger partial charge on any atom is -0.492 e. The Labute approximate surface area is 185 Å². The first-order valence-corrected chi connectivity index (χ1v) is 12.0. The fourth-order valence-corrected chi connectivity index (χ4v) is 5.46. The van der Waals surface area contributed by atoms with Crippen molar-refractivity contribution in [3.63, 3.8) is 0 Å². The first kappa shape index (κ1) is 20.6. The molecule has 1 N–H and O–H groups in total. The van der Waals surface area contributed by atoms with Gasteiger partial charge >= 0.3 is 0 Å². The molecule has 4 aromatic rings. The van der Waals surface area contributed by atoms with Crippen molar-refractivity contribution in [3.05, 3.63) is 63.6 Å². The molecule has 0 fully saturated rings. The highest BCUT2D eigenvalue weighted by Gasteiger charge is 2.16. The molecule has 0 unspecified atom stereocenters. The summed E-state index contributed by atoms with van der Waals surface area (Å²) >= 11 is 4.30. The number of ether oxygens (including phenoxy) is 1. The zero-order valence-electron chi connectivity index (χ0n) is 16.2. The molecule has 3 aromatic heterocycles. The molecule has 0 saturated heterocycles. The lowest BCUT2D eigenvalue weighted by Gasteiger charge is -2.09. The third-order valence-corrected chi connectivity index (χ3v) is 7.13. The van der Waals surface area contributed by atoms with Crippen LogP contribution in [0.5, 0.6) is 5.75 Å². The Balaban J connectivity index is 1.36. The lowest BCUT2D eigenvalue weighted by Crippen LogP contribution is -2.30. The van der Waals surface area contributed by atoms with Gasteiger partial charge < -0.3 is 10.1 Å². The van der Waals surface area contributed by atoms with Crippen LogP contribution in [0.2, 0.25) is 0 Å². The van der Waals surface area contributed by atoms with E-state index in [0.717, 1.165) is 16.2 Å². The summed E-state index contributed by atoms with van der Waals surface area (Å²) in [5, 5.41) is 7.95. The summed E-state index contributed by atoms with van der Waals surface area (Å²) in [6, 6.07) is 13.4. The highest BCUT2D eigenvalue weighted by Crippen LogP contribution is 2.34. The van der Waals surface area contributed by atoms with E-state index in [1.54, 1.807) is 18.4 Å². The summed E-state index contributed by atoms with van der Waals surface area (Å²) in [5.41, 5.74) is 0.828. The van der Waals surface area contributed by atoms with E-state index in [-0.39, 0.29) is 17.2 Å². The van der Waals surface area contributed by atoms with Crippen molar-refractivity contribution in [1.82, 2.24) is 14.9 Å². The number of fused-ring (bicyclic) bond motifs is 1. The van der Waals surface area contributed by atoms with E-state index in [4.69, 9.17) is 4.74 Å². The number of benzene rings is 1. The van der Waals surface area contributed by atoms with Crippen molar-refractivity contribution >= 4 is 50.6 Å². The first-order valence-electron chi connectivity index (χ1n) is 9.23. The molecule has 0 atom stereocenters. The van der Waals surface area contributed by atoms with Gasteiger partial charge in [0.1, 0.15) is 17.2 Å². The molecule has 0 radical (unpaired) electrons. The van der Waals surface area contributed by atoms with Gasteiger partial charge in [0, 0.05) is 22.9 Å². The molecule has 0 aliphatic heterocycles. The molecule has 1 aromatic carbocycles. The van der Waals surface area contributed by atoms with E-state index in [1.165, 1.54) is 27.7 Å². The Morgan fingerprint density at radius 1 is 1.20 bits per heavy atom. The summed E-state index contributed by atoms with van der Waals surface area (Å²) in [4.78, 5) is 31.4. The number of nitrogens with zero attached hydrogens (tertiary/aromatic N) is 2. The topological polar surface area (TPSA) is 73.2 Å². The number of amides is 1. The second kappa shape index (κ2) is 9.46. The lowest BCUT2D eigenvalue weighted by molar-refractivity contribution is -0.118. The van der Waals surface area contributed by atoms with E-state index in [9.17, 15) is 9.59 Å². The normalized spacial score (nSPS) is 11.0. The molecule has 9 heteroatoms. The number of nitrogens with one attached hydrogen (secondary N) is 1. The lowest BCUT2D eigenvalue weighted by atomic mass is 10.2. The van der Waals surface area contributed by atoms with Crippen molar-refractivity contribution in [1.29, 1.82) is 0 Å². The van der Waals surface area contributed by atoms with Crippen LogP contribution in [0.3, 0.4) is 0 Å². The minimum absolute atomic E-state index is 0.0937. The molecular weight excluding hydrogens is 438 g/mol. The van der Waals surface area contributed by atoms with Gasteiger partial charge in [0.05, 0.1) is 17.7 Å². The second-order valence-electron chi connectivity index (χ2n) is 6.37. The minimum atomic E-state index is -0.128. The number of aromatic nitrogens is 2. The molecule has 4 rings (SSSR count). The number of hydrogen-bond acceptors (Lipinski definition) is 7. The van der Waals surface area contributed by atoms with Crippen LogP contribution >= 0.6 is 34.4 Å². The standard InChI is InChI=1S/C21H19N3O3S3/c1-24-20(26)18-15(16-8-5-11-28-16)12-29-19(18)23-21(24)30-13-17(25)22-9-10-27-14-6-3-2-4-7-14/h2-8,11-12H,9-10,13H2,1H3,(H,22,25). The summed E-state index contributed by atoms with van der Waals surface area (Å²) in [6.07, 6.45) is 0. The number of rotatable bonds is 8. The maximum absolute atomic E-state index is 12.9. The van der Waals surface area contributed by atoms with Gasteiger partial charge in [-0.1, -0.05) is 36.0 Å². The maximum Gasteiger partial charge on any atom is 0.263 e. The number of carbonyl (C=O) groups excluding carboxylic acids is 1. The van der Waals surface area contributed by atoms with Crippen molar-refractivity contribution in [3.8, 4) is 16.2 Å². The molecule has 6 nitrogen and oxygen atoms in total. The van der Waals surface area contributed by atoms with Gasteiger partial charge in [-0.2, -0.15) is 0 Å². The number of para-hydroxylation sites is 1. The Morgan fingerprint density at radius 2 is 2.03 bits per heavy atom. The maximum atomic E-state index is 12.9. The molecule has 0 bridgehead atoms. The van der Waals surface area contributed by atoms with Crippen LogP contribution in [0, 0.1) is 0 Å². The molecule has 3 heterocycles. The Bertz CT molecular complexity index is 1200. The summed E-state index contributed by atoms with van der Waals surface area (Å²) < 4.78 is 7.07. The van der Waals surface area contributed by atoms with Crippen LogP contribution in [0.15, 0.2) is 63.2 Å². The summed E-state index contributed by atoms with van der Waals surface area (Å²) in [5.74, 6) is 0.822. The molecule has 1 amide bonds. The van der Waals surface area contributed by atoms with Crippen LogP contribution in [0.4, 0.5) is 0 Å². The van der Waals surface area contributed by atoms with Crippen LogP contribution in [-0.4, -0.2) is 34.4 Å². The number of carbonyl (C=O) groups is 1. The number of thiophene rings is 2. The van der Waals surface area contributed by atoms with Gasteiger partial charge in [0.25, 0.3) is 5.56 Å². The van der Waals surface area contributed by atoms with E-state index < -0.39 is 0 Å². The monoisotopic (exact) mass is 457 g/mol. The fourth-order valence-electron chi connectivity index (χ4n) is 2.85. The van der Waals surface area contributed by atoms with Crippen molar-refractivity contribution in [2.45, 2.75) is 5.16 Å². The Kier molecular flexibility index (Phi) is 6.51. The molecule has 30 heavy (non-hydrogen) atoms. The third kappa shape index (κ3) is 4.58. The zero-order valence-corrected chi connectivity index (χ0v) is 18.6. The van der Waals surface area contributed by atoms with Gasteiger partial charge in [-0.3, -0.25) is 14.2 Å². The van der Waals surface area contributed by atoms with E-state index in [2.05, 4.69) is 10.3 Å². The largest absolute Gasteiger partial charge is 0.492 e. The molecular formula is C21H19N3O3S3. The van der Waals surface area contributed by atoms with Crippen molar-refractivity contribution < 1.29 is 9.53 Å². The highest BCUT2D eigenvalue weighted by molar-refractivity contribution is 7.99. The average Bonchev–Trinajstić information content (AvgIpc) is 3.43. The van der Waals surface area contributed by atoms with Crippen LogP contribution in [-0.2, 0) is 11.8 Å². The Hall–Kier alpha value is -2.62. The summed E-state index contributed by atoms with van der Waals surface area (Å²) in [7, 11) is 1.69. The predicted molar refractivity (Wildman–Crippen MR) is 124 cm³/mol. The SMILES string of the molecule is Cn1c(SCC(=O)NCCOc2ccccc2)nc2scc(-c3cccs3)c2c1=O. The quantitative estimate of drug-likeness (QED) is 0.246. The van der Waals surface area contributed by atoms with Gasteiger partial charge in [-0.15, -0.1) is 22.7 Å². The van der Waals surface area contributed by atoms with E-state index >= 15 is 0 Å². The van der Waals surface area contributed by atoms with E-state index in [0.29, 0.717) is 28.5 Å². The van der Waals surface area contributed by atoms with Gasteiger partial charge in [-0.05, 0) is 23.6 Å². The number of thioether (sulfide) groups is 1. The van der Waals surface area contributed by atoms with Crippen molar-refractivity contribution in [2.24, 2.45) is 7.05 Å². The van der Waals surface area contributed by atoms with Crippen LogP contribution in [0.25, 0.3) is 20.7 Å². The van der Waals surface area contributed by atoms with Crippen molar-refractivity contribution in [2.75, 3.05) is 18.9 Å². The van der Waals surface area contributed by atoms with Gasteiger partial charge in [0.15, 0.2) is 5.16 Å². The predicted octanol–water partition coefficient (Wildman–Crippen LogP) is 4.01. The Morgan fingerprint density at radius 3 is 2.80 bits per heavy atom. The molecule has 0 spiro atoms. The molecule has 0 saturated carbocycles. The van der Waals surface area contributed by atoms with E-state index in [1.807, 2.05) is 53.2 Å². The molecule has 0 aliphatic rings. The molecule has 154 valence electrons. The smallest absolute Gasteiger partial charge is 0.263 e. The first-order chi connectivity index (χ1) is 14.6. The zero-order chi connectivity index (χ0) is 20.9. The number of hydrogen-bond donors (Lipinski definition) is 1. The van der Waals surface area contributed by atoms with Gasteiger partial charge in [-0.25, -0.2) is 4.98 Å².